The number of aromatic nitrogens is 5. The van der Waals surface area contributed by atoms with Crippen LogP contribution in [0.1, 0.15) is 60.2 Å². The van der Waals surface area contributed by atoms with E-state index >= 15 is 0 Å². The zero-order valence-electron chi connectivity index (χ0n) is 18.8. The number of pyridine rings is 1. The van der Waals surface area contributed by atoms with Gasteiger partial charge in [0.2, 0.25) is 0 Å². The maximum absolute atomic E-state index is 13.3. The molecule has 1 aliphatic heterocycles. The lowest BCUT2D eigenvalue weighted by Gasteiger charge is -2.11. The third-order valence-corrected chi connectivity index (χ3v) is 6.04. The summed E-state index contributed by atoms with van der Waals surface area (Å²) in [5.41, 5.74) is 5.13. The maximum atomic E-state index is 13.3. The number of nitrogens with zero attached hydrogens (tertiary/aromatic N) is 5. The first-order valence-corrected chi connectivity index (χ1v) is 11.3. The standard InChI is InChI=1S/C25H28N6O/c1-16(2)31-24-21(14-27-31)20(12-22(29-24)18-9-7-17(3)8-10-18)25(32)26-13-19-15-30-11-5-4-6-23(30)28-19/h7-10,12,14-16H,4-6,11,13H2,1-3H3,(H,26,32). The largest absolute Gasteiger partial charge is 0.346 e. The predicted octanol–water partition coefficient (Wildman–Crippen LogP) is 4.45. The Morgan fingerprint density at radius 1 is 1.16 bits per heavy atom. The summed E-state index contributed by atoms with van der Waals surface area (Å²) in [6.45, 7) is 7.59. The molecule has 7 heteroatoms. The summed E-state index contributed by atoms with van der Waals surface area (Å²) in [7, 11) is 0. The Kier molecular flexibility index (Phi) is 5.25. The Labute approximate surface area is 187 Å². The highest BCUT2D eigenvalue weighted by molar-refractivity contribution is 6.06. The summed E-state index contributed by atoms with van der Waals surface area (Å²) >= 11 is 0. The normalized spacial score (nSPS) is 13.5. The van der Waals surface area contributed by atoms with Crippen LogP contribution in [0.2, 0.25) is 0 Å². The summed E-state index contributed by atoms with van der Waals surface area (Å²) in [5.74, 6) is 0.978. The van der Waals surface area contributed by atoms with Crippen molar-refractivity contribution in [3.8, 4) is 11.3 Å². The van der Waals surface area contributed by atoms with E-state index < -0.39 is 0 Å². The quantitative estimate of drug-likeness (QED) is 0.509. The molecule has 5 rings (SSSR count). The highest BCUT2D eigenvalue weighted by Gasteiger charge is 2.19. The Morgan fingerprint density at radius 2 is 1.97 bits per heavy atom. The van der Waals surface area contributed by atoms with Crippen LogP contribution < -0.4 is 5.32 Å². The number of benzene rings is 1. The van der Waals surface area contributed by atoms with Crippen molar-refractivity contribution in [2.75, 3.05) is 0 Å². The van der Waals surface area contributed by atoms with Gasteiger partial charge in [-0.3, -0.25) is 4.79 Å². The van der Waals surface area contributed by atoms with E-state index in [1.165, 1.54) is 18.4 Å². The lowest BCUT2D eigenvalue weighted by atomic mass is 10.1. The first kappa shape index (κ1) is 20.4. The predicted molar refractivity (Wildman–Crippen MR) is 124 cm³/mol. The van der Waals surface area contributed by atoms with Gasteiger partial charge in [0.15, 0.2) is 5.65 Å². The summed E-state index contributed by atoms with van der Waals surface area (Å²) < 4.78 is 4.07. The lowest BCUT2D eigenvalue weighted by Crippen LogP contribution is -2.23. The van der Waals surface area contributed by atoms with E-state index in [9.17, 15) is 4.79 Å². The second-order valence-electron chi connectivity index (χ2n) is 8.82. The number of hydrogen-bond donors (Lipinski definition) is 1. The van der Waals surface area contributed by atoms with Crippen LogP contribution in [0.15, 0.2) is 42.7 Å². The summed E-state index contributed by atoms with van der Waals surface area (Å²) in [6.07, 6.45) is 7.18. The molecule has 1 aromatic carbocycles. The van der Waals surface area contributed by atoms with E-state index in [0.29, 0.717) is 12.1 Å². The second kappa shape index (κ2) is 8.22. The van der Waals surface area contributed by atoms with Gasteiger partial charge in [-0.25, -0.2) is 14.6 Å². The number of imidazole rings is 1. The van der Waals surface area contributed by atoms with Crippen LogP contribution in [0.4, 0.5) is 0 Å². The summed E-state index contributed by atoms with van der Waals surface area (Å²) in [4.78, 5) is 22.8. The Morgan fingerprint density at radius 3 is 2.72 bits per heavy atom. The molecule has 0 radical (unpaired) electrons. The molecule has 7 nitrogen and oxygen atoms in total. The van der Waals surface area contributed by atoms with Crippen molar-refractivity contribution in [2.45, 2.75) is 59.2 Å². The van der Waals surface area contributed by atoms with Gasteiger partial charge in [0, 0.05) is 30.8 Å². The van der Waals surface area contributed by atoms with Gasteiger partial charge >= 0.3 is 0 Å². The fourth-order valence-electron chi connectivity index (χ4n) is 4.28. The molecule has 0 aliphatic carbocycles. The molecule has 0 saturated heterocycles. The molecular weight excluding hydrogens is 400 g/mol. The van der Waals surface area contributed by atoms with Gasteiger partial charge in [-0.15, -0.1) is 0 Å². The van der Waals surface area contributed by atoms with Crippen LogP contribution in [0.25, 0.3) is 22.3 Å². The minimum atomic E-state index is -0.139. The van der Waals surface area contributed by atoms with Crippen molar-refractivity contribution in [1.82, 2.24) is 29.6 Å². The van der Waals surface area contributed by atoms with Crippen LogP contribution >= 0.6 is 0 Å². The van der Waals surface area contributed by atoms with Gasteiger partial charge in [0.05, 0.1) is 35.1 Å². The summed E-state index contributed by atoms with van der Waals surface area (Å²) in [5, 5.41) is 8.33. The molecule has 0 unspecified atom stereocenters. The number of nitrogens with one attached hydrogen (secondary N) is 1. The van der Waals surface area contributed by atoms with Crippen molar-refractivity contribution in [3.05, 3.63) is 65.4 Å². The number of fused-ring (bicyclic) bond motifs is 2. The number of hydrogen-bond acceptors (Lipinski definition) is 4. The highest BCUT2D eigenvalue weighted by Crippen LogP contribution is 2.27. The highest BCUT2D eigenvalue weighted by atomic mass is 16.1. The minimum Gasteiger partial charge on any atom is -0.346 e. The van der Waals surface area contributed by atoms with Crippen LogP contribution in [0.5, 0.6) is 0 Å². The lowest BCUT2D eigenvalue weighted by molar-refractivity contribution is 0.0952. The molecular formula is C25H28N6O. The minimum absolute atomic E-state index is 0.139. The maximum Gasteiger partial charge on any atom is 0.252 e. The topological polar surface area (TPSA) is 77.6 Å². The Hall–Kier alpha value is -3.48. The number of rotatable bonds is 5. The molecule has 1 amide bonds. The van der Waals surface area contributed by atoms with Gasteiger partial charge in [-0.2, -0.15) is 5.10 Å². The molecule has 164 valence electrons. The van der Waals surface area contributed by atoms with Gasteiger partial charge in [-0.1, -0.05) is 29.8 Å². The van der Waals surface area contributed by atoms with Crippen LogP contribution in [-0.2, 0) is 19.5 Å². The third-order valence-electron chi connectivity index (χ3n) is 6.04. The first-order valence-electron chi connectivity index (χ1n) is 11.3. The van der Waals surface area contributed by atoms with E-state index in [4.69, 9.17) is 9.97 Å². The van der Waals surface area contributed by atoms with Gasteiger partial charge in [-0.05, 0) is 39.7 Å². The molecule has 3 aromatic heterocycles. The van der Waals surface area contributed by atoms with Gasteiger partial charge in [0.25, 0.3) is 5.91 Å². The zero-order chi connectivity index (χ0) is 22.2. The molecule has 0 fully saturated rings. The molecule has 0 spiro atoms. The molecule has 0 atom stereocenters. The third kappa shape index (κ3) is 3.79. The van der Waals surface area contributed by atoms with Crippen molar-refractivity contribution < 1.29 is 4.79 Å². The number of carbonyl (C=O) groups is 1. The Bertz CT molecular complexity index is 1260. The van der Waals surface area contributed by atoms with Crippen molar-refractivity contribution in [3.63, 3.8) is 0 Å². The number of aryl methyl sites for hydroxylation is 3. The molecule has 1 N–H and O–H groups in total. The number of carbonyl (C=O) groups excluding carboxylic acids is 1. The van der Waals surface area contributed by atoms with Crippen LogP contribution in [0.3, 0.4) is 0 Å². The van der Waals surface area contributed by atoms with Crippen LogP contribution in [-0.4, -0.2) is 30.2 Å². The second-order valence-corrected chi connectivity index (χ2v) is 8.82. The van der Waals surface area contributed by atoms with Crippen molar-refractivity contribution in [1.29, 1.82) is 0 Å². The van der Waals surface area contributed by atoms with Gasteiger partial charge < -0.3 is 9.88 Å². The van der Waals surface area contributed by atoms with Crippen LogP contribution in [0, 0.1) is 6.92 Å². The summed E-state index contributed by atoms with van der Waals surface area (Å²) in [6, 6.07) is 10.2. The average Bonchev–Trinajstić information content (AvgIpc) is 3.41. The zero-order valence-corrected chi connectivity index (χ0v) is 18.8. The van der Waals surface area contributed by atoms with Gasteiger partial charge in [0.1, 0.15) is 5.82 Å². The molecule has 1 aliphatic rings. The van der Waals surface area contributed by atoms with E-state index in [2.05, 4.69) is 54.1 Å². The molecule has 32 heavy (non-hydrogen) atoms. The Balaban J connectivity index is 1.49. The van der Waals surface area contributed by atoms with Crippen molar-refractivity contribution in [2.24, 2.45) is 0 Å². The molecule has 0 bridgehead atoms. The number of amides is 1. The van der Waals surface area contributed by atoms with E-state index in [1.807, 2.05) is 22.9 Å². The monoisotopic (exact) mass is 428 g/mol. The molecule has 4 heterocycles. The fraction of sp³-hybridized carbons (Fsp3) is 0.360. The van der Waals surface area contributed by atoms with Crippen molar-refractivity contribution >= 4 is 16.9 Å². The smallest absolute Gasteiger partial charge is 0.252 e. The molecule has 4 aromatic rings. The fourth-order valence-corrected chi connectivity index (χ4v) is 4.28. The molecule has 0 saturated carbocycles. The first-order chi connectivity index (χ1) is 15.5. The van der Waals surface area contributed by atoms with E-state index in [0.717, 1.165) is 46.8 Å². The van der Waals surface area contributed by atoms with E-state index in [-0.39, 0.29) is 11.9 Å². The SMILES string of the molecule is Cc1ccc(-c2cc(C(=O)NCc3cn4c(n3)CCCC4)c3cnn(C(C)C)c3n2)cc1. The average molecular weight is 429 g/mol. The van der Waals surface area contributed by atoms with E-state index in [1.54, 1.807) is 6.20 Å².